The van der Waals surface area contributed by atoms with E-state index >= 15 is 0 Å². The van der Waals surface area contributed by atoms with Crippen LogP contribution in [0.4, 0.5) is 0 Å². The zero-order valence-electron chi connectivity index (χ0n) is 10.8. The van der Waals surface area contributed by atoms with E-state index in [1.165, 1.54) is 12.8 Å². The zero-order valence-corrected chi connectivity index (χ0v) is 12.4. The van der Waals surface area contributed by atoms with E-state index in [1.54, 1.807) is 0 Å². The predicted molar refractivity (Wildman–Crippen MR) is 76.2 cm³/mol. The van der Waals surface area contributed by atoms with E-state index in [4.69, 9.17) is 0 Å². The first-order chi connectivity index (χ1) is 8.63. The molecule has 1 fully saturated rings. The van der Waals surface area contributed by atoms with E-state index in [9.17, 15) is 5.11 Å². The van der Waals surface area contributed by atoms with Crippen LogP contribution < -0.4 is 5.32 Å². The molecular weight excluding hydrogens is 292 g/mol. The van der Waals surface area contributed by atoms with Crippen molar-refractivity contribution in [3.05, 3.63) is 28.5 Å². The van der Waals surface area contributed by atoms with Crippen LogP contribution in [0.2, 0.25) is 0 Å². The second kappa shape index (κ2) is 6.13. The van der Waals surface area contributed by atoms with Gasteiger partial charge < -0.3 is 10.4 Å². The first-order valence-corrected chi connectivity index (χ1v) is 7.39. The average Bonchev–Trinajstić information content (AvgIpc) is 2.41. The summed E-state index contributed by atoms with van der Waals surface area (Å²) in [5.41, 5.74) is 0.922. The van der Waals surface area contributed by atoms with Crippen LogP contribution in [0.25, 0.3) is 0 Å². The standard InChI is InChI=1S/C14H21BrN2O/c1-11-4-6-14(10-18,7-5-11)17-9-13-3-2-12(15)8-16-13/h2-3,8,11,17-18H,4-7,9-10H2,1H3. The van der Waals surface area contributed by atoms with Gasteiger partial charge in [-0.3, -0.25) is 4.98 Å². The summed E-state index contributed by atoms with van der Waals surface area (Å²) in [6, 6.07) is 4.01. The Morgan fingerprint density at radius 2 is 2.17 bits per heavy atom. The van der Waals surface area contributed by atoms with E-state index in [1.807, 2.05) is 18.3 Å². The fourth-order valence-electron chi connectivity index (χ4n) is 2.49. The lowest BCUT2D eigenvalue weighted by atomic mass is 9.77. The highest BCUT2D eigenvalue weighted by Crippen LogP contribution is 2.31. The van der Waals surface area contributed by atoms with Crippen LogP contribution in [-0.4, -0.2) is 22.2 Å². The predicted octanol–water partition coefficient (Wildman–Crippen LogP) is 2.87. The molecule has 0 bridgehead atoms. The molecule has 0 spiro atoms. The van der Waals surface area contributed by atoms with Crippen LogP contribution >= 0.6 is 15.9 Å². The Morgan fingerprint density at radius 1 is 1.44 bits per heavy atom. The number of aliphatic hydroxyl groups is 1. The van der Waals surface area contributed by atoms with Gasteiger partial charge in [0.2, 0.25) is 0 Å². The van der Waals surface area contributed by atoms with E-state index in [0.29, 0.717) is 0 Å². The largest absolute Gasteiger partial charge is 0.394 e. The second-order valence-corrected chi connectivity index (χ2v) is 6.36. The fourth-order valence-corrected chi connectivity index (χ4v) is 2.73. The van der Waals surface area contributed by atoms with Gasteiger partial charge in [-0.2, -0.15) is 0 Å². The molecule has 1 saturated carbocycles. The number of rotatable bonds is 4. The Bertz CT molecular complexity index is 372. The lowest BCUT2D eigenvalue weighted by molar-refractivity contribution is 0.104. The summed E-state index contributed by atoms with van der Waals surface area (Å²) in [4.78, 5) is 4.35. The topological polar surface area (TPSA) is 45.1 Å². The summed E-state index contributed by atoms with van der Waals surface area (Å²) in [5, 5.41) is 13.2. The minimum Gasteiger partial charge on any atom is -0.394 e. The minimum absolute atomic E-state index is 0.0960. The van der Waals surface area contributed by atoms with Gasteiger partial charge >= 0.3 is 0 Å². The van der Waals surface area contributed by atoms with E-state index in [-0.39, 0.29) is 12.1 Å². The highest BCUT2D eigenvalue weighted by molar-refractivity contribution is 9.10. The highest BCUT2D eigenvalue weighted by atomic mass is 79.9. The summed E-state index contributed by atoms with van der Waals surface area (Å²) in [6.07, 6.45) is 6.32. The van der Waals surface area contributed by atoms with Crippen LogP contribution in [0.15, 0.2) is 22.8 Å². The molecule has 1 aromatic heterocycles. The summed E-state index contributed by atoms with van der Waals surface area (Å²) in [5.74, 6) is 0.789. The Morgan fingerprint density at radius 3 is 2.72 bits per heavy atom. The quantitative estimate of drug-likeness (QED) is 0.898. The molecule has 1 aromatic rings. The van der Waals surface area contributed by atoms with Crippen molar-refractivity contribution < 1.29 is 5.11 Å². The molecule has 0 unspecified atom stereocenters. The van der Waals surface area contributed by atoms with Crippen LogP contribution in [0.5, 0.6) is 0 Å². The lowest BCUT2D eigenvalue weighted by Gasteiger charge is -2.39. The molecule has 0 atom stereocenters. The lowest BCUT2D eigenvalue weighted by Crippen LogP contribution is -2.50. The van der Waals surface area contributed by atoms with Gasteiger partial charge in [-0.05, 0) is 59.7 Å². The SMILES string of the molecule is CC1CCC(CO)(NCc2ccc(Br)cn2)CC1. The maximum absolute atomic E-state index is 9.66. The molecular formula is C14H21BrN2O. The Labute approximate surface area is 117 Å². The number of hydrogen-bond acceptors (Lipinski definition) is 3. The van der Waals surface area contributed by atoms with Gasteiger partial charge in [0, 0.05) is 22.8 Å². The summed E-state index contributed by atoms with van der Waals surface area (Å²) >= 11 is 3.38. The number of aromatic nitrogens is 1. The molecule has 3 nitrogen and oxygen atoms in total. The van der Waals surface area contributed by atoms with Gasteiger partial charge in [-0.1, -0.05) is 6.92 Å². The Balaban J connectivity index is 1.92. The molecule has 2 N–H and O–H groups in total. The van der Waals surface area contributed by atoms with Crippen molar-refractivity contribution in [1.82, 2.24) is 10.3 Å². The number of nitrogens with zero attached hydrogens (tertiary/aromatic N) is 1. The van der Waals surface area contributed by atoms with Gasteiger partial charge in [0.15, 0.2) is 0 Å². The molecule has 1 aliphatic carbocycles. The monoisotopic (exact) mass is 312 g/mol. The van der Waals surface area contributed by atoms with Crippen LogP contribution in [0.1, 0.15) is 38.3 Å². The molecule has 2 rings (SSSR count). The molecule has 4 heteroatoms. The van der Waals surface area contributed by atoms with Crippen LogP contribution in [0, 0.1) is 5.92 Å². The van der Waals surface area contributed by atoms with Crippen molar-refractivity contribution in [2.24, 2.45) is 5.92 Å². The second-order valence-electron chi connectivity index (χ2n) is 5.44. The third-order valence-electron chi connectivity index (χ3n) is 3.97. The summed E-state index contributed by atoms with van der Waals surface area (Å²) in [6.45, 7) is 3.23. The van der Waals surface area contributed by atoms with Crippen molar-refractivity contribution in [3.63, 3.8) is 0 Å². The Kier molecular flexibility index (Phi) is 4.76. The molecule has 0 amide bonds. The van der Waals surface area contributed by atoms with E-state index in [2.05, 4.69) is 33.2 Å². The van der Waals surface area contributed by atoms with Crippen molar-refractivity contribution in [2.75, 3.05) is 6.61 Å². The van der Waals surface area contributed by atoms with Gasteiger partial charge in [0.1, 0.15) is 0 Å². The third kappa shape index (κ3) is 3.53. The van der Waals surface area contributed by atoms with E-state index in [0.717, 1.165) is 35.5 Å². The molecule has 0 saturated heterocycles. The van der Waals surface area contributed by atoms with Gasteiger partial charge in [0.25, 0.3) is 0 Å². The molecule has 18 heavy (non-hydrogen) atoms. The number of halogens is 1. The first-order valence-electron chi connectivity index (χ1n) is 6.60. The van der Waals surface area contributed by atoms with Gasteiger partial charge in [-0.15, -0.1) is 0 Å². The molecule has 1 heterocycles. The highest BCUT2D eigenvalue weighted by Gasteiger charge is 2.32. The zero-order chi connectivity index (χ0) is 13.0. The molecule has 1 aliphatic rings. The average molecular weight is 313 g/mol. The van der Waals surface area contributed by atoms with Crippen molar-refractivity contribution in [3.8, 4) is 0 Å². The maximum atomic E-state index is 9.66. The van der Waals surface area contributed by atoms with Gasteiger partial charge in [-0.25, -0.2) is 0 Å². The maximum Gasteiger partial charge on any atom is 0.0613 e. The first kappa shape index (κ1) is 14.0. The molecule has 100 valence electrons. The number of aliphatic hydroxyl groups excluding tert-OH is 1. The fraction of sp³-hybridized carbons (Fsp3) is 0.643. The normalized spacial score (nSPS) is 28.3. The van der Waals surface area contributed by atoms with Crippen molar-refractivity contribution in [1.29, 1.82) is 0 Å². The van der Waals surface area contributed by atoms with E-state index < -0.39 is 0 Å². The number of nitrogens with one attached hydrogen (secondary N) is 1. The third-order valence-corrected chi connectivity index (χ3v) is 4.44. The smallest absolute Gasteiger partial charge is 0.0613 e. The summed E-state index contributed by atoms with van der Waals surface area (Å²) in [7, 11) is 0. The van der Waals surface area contributed by atoms with Crippen LogP contribution in [0.3, 0.4) is 0 Å². The van der Waals surface area contributed by atoms with Crippen molar-refractivity contribution in [2.45, 2.75) is 44.7 Å². The number of pyridine rings is 1. The molecule has 0 aliphatic heterocycles. The molecule has 0 aromatic carbocycles. The Hall–Kier alpha value is -0.450. The van der Waals surface area contributed by atoms with Crippen LogP contribution in [-0.2, 0) is 6.54 Å². The van der Waals surface area contributed by atoms with Gasteiger partial charge in [0.05, 0.1) is 12.3 Å². The molecule has 0 radical (unpaired) electrons. The number of hydrogen-bond donors (Lipinski definition) is 2. The summed E-state index contributed by atoms with van der Waals surface area (Å²) < 4.78 is 0.995. The minimum atomic E-state index is -0.0960. The van der Waals surface area contributed by atoms with Crippen molar-refractivity contribution >= 4 is 15.9 Å².